The van der Waals surface area contributed by atoms with E-state index in [2.05, 4.69) is 10.3 Å². The third-order valence-corrected chi connectivity index (χ3v) is 5.95. The molecule has 1 fully saturated rings. The summed E-state index contributed by atoms with van der Waals surface area (Å²) in [4.78, 5) is 16.9. The fourth-order valence-electron chi connectivity index (χ4n) is 4.17. The van der Waals surface area contributed by atoms with E-state index in [0.717, 1.165) is 17.1 Å². The topological polar surface area (TPSA) is 76.2 Å². The summed E-state index contributed by atoms with van der Waals surface area (Å²) in [6.07, 6.45) is 3.57. The van der Waals surface area contributed by atoms with Gasteiger partial charge in [-0.25, -0.2) is 4.39 Å². The van der Waals surface area contributed by atoms with E-state index in [1.165, 1.54) is 18.2 Å². The molecule has 0 saturated carbocycles. The van der Waals surface area contributed by atoms with E-state index < -0.39 is 11.0 Å². The van der Waals surface area contributed by atoms with Crippen LogP contribution in [0.5, 0.6) is 0 Å². The van der Waals surface area contributed by atoms with E-state index in [-0.39, 0.29) is 17.5 Å². The second kappa shape index (κ2) is 8.44. The summed E-state index contributed by atoms with van der Waals surface area (Å²) >= 11 is 5.65. The number of nitro benzene ring substituents is 1. The molecule has 1 aliphatic rings. The van der Waals surface area contributed by atoms with Crippen LogP contribution < -0.4 is 10.2 Å². The monoisotopic (exact) mass is 459 g/mol. The molecule has 1 saturated heterocycles. The summed E-state index contributed by atoms with van der Waals surface area (Å²) in [6.45, 7) is 0. The Morgan fingerprint density at radius 3 is 2.45 bits per heavy atom. The predicted molar refractivity (Wildman–Crippen MR) is 127 cm³/mol. The number of rotatable bonds is 5. The first-order valence-electron chi connectivity index (χ1n) is 10.2. The van der Waals surface area contributed by atoms with E-state index in [1.807, 2.05) is 41.1 Å². The van der Waals surface area contributed by atoms with Crippen LogP contribution in [0, 0.1) is 15.9 Å². The normalized spacial score (nSPS) is 17.7. The molecular weight excluding hydrogens is 441 g/mol. The number of anilines is 1. The molecule has 0 bridgehead atoms. The van der Waals surface area contributed by atoms with Crippen molar-refractivity contribution in [2.45, 2.75) is 12.1 Å². The van der Waals surface area contributed by atoms with Crippen molar-refractivity contribution in [1.82, 2.24) is 14.9 Å². The maximum absolute atomic E-state index is 14.9. The van der Waals surface area contributed by atoms with E-state index in [9.17, 15) is 14.5 Å². The van der Waals surface area contributed by atoms with Crippen molar-refractivity contribution in [1.29, 1.82) is 0 Å². The van der Waals surface area contributed by atoms with Crippen LogP contribution in [0.4, 0.5) is 15.8 Å². The van der Waals surface area contributed by atoms with Crippen molar-refractivity contribution in [3.05, 3.63) is 119 Å². The molecule has 1 N–H and O–H groups in total. The highest BCUT2D eigenvalue weighted by Crippen LogP contribution is 2.42. The van der Waals surface area contributed by atoms with Gasteiger partial charge < -0.3 is 14.8 Å². The lowest BCUT2D eigenvalue weighted by atomic mass is 10.0. The van der Waals surface area contributed by atoms with Crippen LogP contribution in [0.1, 0.15) is 23.5 Å². The minimum absolute atomic E-state index is 0.00973. The van der Waals surface area contributed by atoms with Crippen molar-refractivity contribution >= 4 is 28.7 Å². The number of hydrogen-bond donors (Lipinski definition) is 1. The standard InChI is InChI=1S/C24H18FN5O2S/c25-18-6-1-2-8-20(18)29-23(22(27-24(29)33)19-7-3-4-14-26-19)21-9-5-15-28(21)16-10-12-17(13-11-16)30(31)32/h1-15,22-23H,(H,27,33)/t22-,23+/m0/s1. The largest absolute Gasteiger partial charge is 0.351 e. The quantitative estimate of drug-likeness (QED) is 0.254. The number of aromatic nitrogens is 2. The van der Waals surface area contributed by atoms with Gasteiger partial charge in [0.1, 0.15) is 11.9 Å². The third kappa shape index (κ3) is 3.72. The first-order valence-corrected chi connectivity index (χ1v) is 10.6. The molecule has 5 rings (SSSR count). The van der Waals surface area contributed by atoms with Gasteiger partial charge in [-0.1, -0.05) is 18.2 Å². The molecular formula is C24H18FN5O2S. The molecule has 0 radical (unpaired) electrons. The highest BCUT2D eigenvalue weighted by Gasteiger charge is 2.43. The average Bonchev–Trinajstić information content (AvgIpc) is 3.44. The minimum atomic E-state index is -0.434. The van der Waals surface area contributed by atoms with Crippen molar-refractivity contribution < 1.29 is 9.31 Å². The Hall–Kier alpha value is -4.11. The van der Waals surface area contributed by atoms with Crippen molar-refractivity contribution in [3.63, 3.8) is 0 Å². The summed E-state index contributed by atoms with van der Waals surface area (Å²) in [5.41, 5.74) is 2.70. The lowest BCUT2D eigenvalue weighted by Crippen LogP contribution is -2.31. The van der Waals surface area contributed by atoms with E-state index in [0.29, 0.717) is 10.8 Å². The molecule has 0 spiro atoms. The second-order valence-electron chi connectivity index (χ2n) is 7.52. The van der Waals surface area contributed by atoms with Gasteiger partial charge in [0, 0.05) is 35.9 Å². The van der Waals surface area contributed by atoms with Crippen LogP contribution in [0.25, 0.3) is 5.69 Å². The number of pyridine rings is 1. The molecule has 164 valence electrons. The molecule has 1 aliphatic heterocycles. The highest BCUT2D eigenvalue weighted by atomic mass is 32.1. The number of nitrogens with zero attached hydrogens (tertiary/aromatic N) is 4. The number of nitro groups is 1. The number of non-ortho nitro benzene ring substituents is 1. The Balaban J connectivity index is 1.65. The Labute approximate surface area is 194 Å². The highest BCUT2D eigenvalue weighted by molar-refractivity contribution is 7.80. The zero-order valence-electron chi connectivity index (χ0n) is 17.2. The molecule has 0 aliphatic carbocycles. The van der Waals surface area contributed by atoms with E-state index in [1.54, 1.807) is 41.4 Å². The number of halogens is 1. The summed E-state index contributed by atoms with van der Waals surface area (Å²) in [6, 6.07) is 21.5. The molecule has 0 amide bonds. The van der Waals surface area contributed by atoms with Crippen LogP contribution in [-0.2, 0) is 0 Å². The third-order valence-electron chi connectivity index (χ3n) is 5.63. The van der Waals surface area contributed by atoms with Gasteiger partial charge in [-0.15, -0.1) is 0 Å². The Kier molecular flexibility index (Phi) is 5.31. The summed E-state index contributed by atoms with van der Waals surface area (Å²) in [7, 11) is 0. The van der Waals surface area contributed by atoms with Gasteiger partial charge in [-0.05, 0) is 60.7 Å². The second-order valence-corrected chi connectivity index (χ2v) is 7.91. The maximum Gasteiger partial charge on any atom is 0.269 e. The first kappa shape index (κ1) is 20.8. The molecule has 9 heteroatoms. The van der Waals surface area contributed by atoms with Gasteiger partial charge in [0.05, 0.1) is 22.3 Å². The van der Waals surface area contributed by atoms with Crippen LogP contribution in [0.2, 0.25) is 0 Å². The summed E-state index contributed by atoms with van der Waals surface area (Å²) < 4.78 is 16.8. The average molecular weight is 460 g/mol. The van der Waals surface area contributed by atoms with Crippen LogP contribution in [-0.4, -0.2) is 19.6 Å². The van der Waals surface area contributed by atoms with E-state index in [4.69, 9.17) is 12.2 Å². The van der Waals surface area contributed by atoms with Gasteiger partial charge in [0.25, 0.3) is 5.69 Å². The number of thiocarbonyl (C=S) groups is 1. The van der Waals surface area contributed by atoms with Gasteiger partial charge in [0.15, 0.2) is 5.11 Å². The zero-order valence-corrected chi connectivity index (χ0v) is 18.0. The summed E-state index contributed by atoms with van der Waals surface area (Å²) in [5.74, 6) is -0.387. The fourth-order valence-corrected chi connectivity index (χ4v) is 4.51. The number of para-hydroxylation sites is 1. The maximum atomic E-state index is 14.9. The first-order chi connectivity index (χ1) is 16.0. The molecule has 33 heavy (non-hydrogen) atoms. The molecule has 7 nitrogen and oxygen atoms in total. The predicted octanol–water partition coefficient (Wildman–Crippen LogP) is 5.10. The van der Waals surface area contributed by atoms with Gasteiger partial charge >= 0.3 is 0 Å². The van der Waals surface area contributed by atoms with E-state index >= 15 is 0 Å². The smallest absolute Gasteiger partial charge is 0.269 e. The molecule has 2 aromatic heterocycles. The molecule has 4 aromatic rings. The van der Waals surface area contributed by atoms with Crippen LogP contribution in [0.15, 0.2) is 91.3 Å². The molecule has 3 heterocycles. The molecule has 2 aromatic carbocycles. The van der Waals surface area contributed by atoms with Crippen LogP contribution in [0.3, 0.4) is 0 Å². The SMILES string of the molecule is O=[N+]([O-])c1ccc(-n2cccc2[C@@H]2[C@H](c3ccccn3)NC(=S)N2c2ccccc2F)cc1. The lowest BCUT2D eigenvalue weighted by Gasteiger charge is -2.29. The van der Waals surface area contributed by atoms with Crippen molar-refractivity contribution in [2.75, 3.05) is 4.90 Å². The number of benzene rings is 2. The molecule has 0 unspecified atom stereocenters. The molecule has 2 atom stereocenters. The summed E-state index contributed by atoms with van der Waals surface area (Å²) in [5, 5.41) is 14.8. The zero-order chi connectivity index (χ0) is 22.9. The number of hydrogen-bond acceptors (Lipinski definition) is 4. The van der Waals surface area contributed by atoms with Gasteiger partial charge in [-0.3, -0.25) is 15.1 Å². The lowest BCUT2D eigenvalue weighted by molar-refractivity contribution is -0.384. The Morgan fingerprint density at radius 1 is 1.00 bits per heavy atom. The van der Waals surface area contributed by atoms with Crippen LogP contribution >= 0.6 is 12.2 Å². The Bertz CT molecular complexity index is 1330. The fraction of sp³-hybridized carbons (Fsp3) is 0.0833. The van der Waals surface area contributed by atoms with Gasteiger partial charge in [0.2, 0.25) is 0 Å². The van der Waals surface area contributed by atoms with Crippen molar-refractivity contribution in [2.24, 2.45) is 0 Å². The van der Waals surface area contributed by atoms with Crippen molar-refractivity contribution in [3.8, 4) is 5.69 Å². The Morgan fingerprint density at radius 2 is 1.76 bits per heavy atom. The number of nitrogens with one attached hydrogen (secondary N) is 1. The van der Waals surface area contributed by atoms with Gasteiger partial charge in [-0.2, -0.15) is 0 Å². The minimum Gasteiger partial charge on any atom is -0.351 e.